The molecule has 1 aliphatic rings. The molecule has 1 N–H and O–H groups in total. The van der Waals surface area contributed by atoms with Crippen molar-refractivity contribution in [3.05, 3.63) is 0 Å². The summed E-state index contributed by atoms with van der Waals surface area (Å²) in [5.41, 5.74) is 0. The summed E-state index contributed by atoms with van der Waals surface area (Å²) in [5.74, 6) is -0.128. The average molecular weight is 285 g/mol. The van der Waals surface area contributed by atoms with E-state index in [4.69, 9.17) is 4.74 Å². The molecule has 1 fully saturated rings. The van der Waals surface area contributed by atoms with Gasteiger partial charge in [-0.25, -0.2) is 0 Å². The van der Waals surface area contributed by atoms with E-state index in [-0.39, 0.29) is 18.1 Å². The fraction of sp³-hybridized carbons (Fsp3) is 0.933. The average Bonchev–Trinajstić information content (AvgIpc) is 2.40. The highest BCUT2D eigenvalue weighted by Gasteiger charge is 2.25. The standard InChI is InChI=1S/C15H31N3O2/c1-5-7-17-8-10-18(11-9-17)12-14(16-13(3)4)15(19)20-6-2/h13-14,16H,5-12H2,1-4H3. The minimum absolute atomic E-state index is 0.128. The van der Waals surface area contributed by atoms with E-state index in [1.54, 1.807) is 0 Å². The van der Waals surface area contributed by atoms with Crippen molar-refractivity contribution in [2.45, 2.75) is 46.2 Å². The van der Waals surface area contributed by atoms with Gasteiger partial charge in [0, 0.05) is 38.8 Å². The molecular weight excluding hydrogens is 254 g/mol. The molecule has 118 valence electrons. The van der Waals surface area contributed by atoms with Crippen LogP contribution in [0.5, 0.6) is 0 Å². The van der Waals surface area contributed by atoms with Crippen molar-refractivity contribution in [3.63, 3.8) is 0 Å². The molecule has 1 rings (SSSR count). The van der Waals surface area contributed by atoms with Gasteiger partial charge in [-0.15, -0.1) is 0 Å². The van der Waals surface area contributed by atoms with E-state index in [1.807, 2.05) is 6.92 Å². The van der Waals surface area contributed by atoms with Gasteiger partial charge >= 0.3 is 5.97 Å². The van der Waals surface area contributed by atoms with Crippen LogP contribution in [0.1, 0.15) is 34.1 Å². The van der Waals surface area contributed by atoms with Crippen molar-refractivity contribution >= 4 is 5.97 Å². The van der Waals surface area contributed by atoms with Gasteiger partial charge in [-0.05, 0) is 19.9 Å². The van der Waals surface area contributed by atoms with Crippen LogP contribution in [0.15, 0.2) is 0 Å². The fourth-order valence-corrected chi connectivity index (χ4v) is 2.61. The zero-order valence-electron chi connectivity index (χ0n) is 13.5. The Morgan fingerprint density at radius 1 is 1.15 bits per heavy atom. The third kappa shape index (κ3) is 6.20. The van der Waals surface area contributed by atoms with Crippen LogP contribution in [0, 0.1) is 0 Å². The molecule has 5 nitrogen and oxygen atoms in total. The first-order chi connectivity index (χ1) is 9.56. The van der Waals surface area contributed by atoms with Crippen molar-refractivity contribution in [3.8, 4) is 0 Å². The smallest absolute Gasteiger partial charge is 0.324 e. The number of rotatable bonds is 8. The van der Waals surface area contributed by atoms with Crippen molar-refractivity contribution in [2.24, 2.45) is 0 Å². The summed E-state index contributed by atoms with van der Waals surface area (Å²) in [7, 11) is 0. The zero-order valence-corrected chi connectivity index (χ0v) is 13.5. The molecule has 5 heteroatoms. The predicted octanol–water partition coefficient (Wildman–Crippen LogP) is 0.944. The van der Waals surface area contributed by atoms with Crippen LogP contribution >= 0.6 is 0 Å². The van der Waals surface area contributed by atoms with Gasteiger partial charge in [0.25, 0.3) is 0 Å². The van der Waals surface area contributed by atoms with E-state index >= 15 is 0 Å². The topological polar surface area (TPSA) is 44.8 Å². The van der Waals surface area contributed by atoms with Crippen LogP contribution in [-0.2, 0) is 9.53 Å². The second kappa shape index (κ2) is 9.32. The molecule has 0 saturated carbocycles. The maximum atomic E-state index is 12.0. The molecule has 0 bridgehead atoms. The zero-order chi connectivity index (χ0) is 15.0. The van der Waals surface area contributed by atoms with E-state index in [9.17, 15) is 4.79 Å². The Morgan fingerprint density at radius 3 is 2.25 bits per heavy atom. The molecule has 0 aliphatic carbocycles. The Hall–Kier alpha value is -0.650. The van der Waals surface area contributed by atoms with Crippen molar-refractivity contribution in [1.82, 2.24) is 15.1 Å². The summed E-state index contributed by atoms with van der Waals surface area (Å²) < 4.78 is 5.17. The minimum atomic E-state index is -0.215. The second-order valence-corrected chi connectivity index (χ2v) is 5.77. The molecular formula is C15H31N3O2. The molecule has 1 heterocycles. The number of nitrogens with one attached hydrogen (secondary N) is 1. The fourth-order valence-electron chi connectivity index (χ4n) is 2.61. The number of piperazine rings is 1. The van der Waals surface area contributed by atoms with E-state index in [0.717, 1.165) is 32.7 Å². The lowest BCUT2D eigenvalue weighted by Gasteiger charge is -2.36. The Morgan fingerprint density at radius 2 is 1.75 bits per heavy atom. The van der Waals surface area contributed by atoms with Crippen LogP contribution in [0.25, 0.3) is 0 Å². The van der Waals surface area contributed by atoms with Crippen LogP contribution in [-0.4, -0.2) is 73.7 Å². The Bertz CT molecular complexity index is 276. The molecule has 0 amide bonds. The van der Waals surface area contributed by atoms with E-state index in [2.05, 4.69) is 35.9 Å². The third-order valence-electron chi connectivity index (χ3n) is 3.55. The van der Waals surface area contributed by atoms with Crippen LogP contribution in [0.3, 0.4) is 0 Å². The number of carbonyl (C=O) groups is 1. The second-order valence-electron chi connectivity index (χ2n) is 5.77. The number of esters is 1. The minimum Gasteiger partial charge on any atom is -0.465 e. The van der Waals surface area contributed by atoms with Crippen molar-refractivity contribution in [2.75, 3.05) is 45.9 Å². The SMILES string of the molecule is CCCN1CCN(CC(NC(C)C)C(=O)OCC)CC1. The lowest BCUT2D eigenvalue weighted by molar-refractivity contribution is -0.146. The summed E-state index contributed by atoms with van der Waals surface area (Å²) in [4.78, 5) is 16.9. The quantitative estimate of drug-likeness (QED) is 0.673. The molecule has 0 aromatic rings. The molecule has 1 saturated heterocycles. The van der Waals surface area contributed by atoms with Crippen LogP contribution < -0.4 is 5.32 Å². The highest BCUT2D eigenvalue weighted by Crippen LogP contribution is 2.05. The maximum Gasteiger partial charge on any atom is 0.324 e. The van der Waals surface area contributed by atoms with E-state index in [1.165, 1.54) is 13.0 Å². The first-order valence-electron chi connectivity index (χ1n) is 7.94. The van der Waals surface area contributed by atoms with E-state index in [0.29, 0.717) is 6.61 Å². The molecule has 20 heavy (non-hydrogen) atoms. The molecule has 1 aliphatic heterocycles. The van der Waals surface area contributed by atoms with Gasteiger partial charge in [0.05, 0.1) is 6.61 Å². The van der Waals surface area contributed by atoms with Gasteiger partial charge in [0.15, 0.2) is 0 Å². The van der Waals surface area contributed by atoms with Crippen molar-refractivity contribution in [1.29, 1.82) is 0 Å². The highest BCUT2D eigenvalue weighted by molar-refractivity contribution is 5.76. The molecule has 1 unspecified atom stereocenters. The summed E-state index contributed by atoms with van der Waals surface area (Å²) in [5, 5.41) is 3.32. The Balaban J connectivity index is 2.43. The Labute approximate surface area is 123 Å². The first kappa shape index (κ1) is 17.4. The number of carbonyl (C=O) groups excluding carboxylic acids is 1. The van der Waals surface area contributed by atoms with Gasteiger partial charge < -0.3 is 15.0 Å². The number of hydrogen-bond acceptors (Lipinski definition) is 5. The normalized spacial score (nSPS) is 19.2. The summed E-state index contributed by atoms with van der Waals surface area (Å²) >= 11 is 0. The van der Waals surface area contributed by atoms with Gasteiger partial charge in [-0.2, -0.15) is 0 Å². The monoisotopic (exact) mass is 285 g/mol. The predicted molar refractivity (Wildman–Crippen MR) is 81.9 cm³/mol. The molecule has 0 aromatic carbocycles. The van der Waals surface area contributed by atoms with Gasteiger partial charge in [0.2, 0.25) is 0 Å². The molecule has 0 radical (unpaired) electrons. The summed E-state index contributed by atoms with van der Waals surface area (Å²) in [6.45, 7) is 14.8. The van der Waals surface area contributed by atoms with Crippen LogP contribution in [0.2, 0.25) is 0 Å². The number of hydrogen-bond donors (Lipinski definition) is 1. The molecule has 1 atom stereocenters. The van der Waals surface area contributed by atoms with Crippen LogP contribution in [0.4, 0.5) is 0 Å². The lowest BCUT2D eigenvalue weighted by Crippen LogP contribution is -2.54. The van der Waals surface area contributed by atoms with Gasteiger partial charge in [-0.3, -0.25) is 9.69 Å². The number of nitrogens with zero attached hydrogens (tertiary/aromatic N) is 2. The molecule has 0 spiro atoms. The largest absolute Gasteiger partial charge is 0.465 e. The van der Waals surface area contributed by atoms with Crippen molar-refractivity contribution < 1.29 is 9.53 Å². The Kier molecular flexibility index (Phi) is 8.11. The number of ether oxygens (including phenoxy) is 1. The first-order valence-corrected chi connectivity index (χ1v) is 7.94. The highest BCUT2D eigenvalue weighted by atomic mass is 16.5. The molecule has 0 aromatic heterocycles. The van der Waals surface area contributed by atoms with Gasteiger partial charge in [0.1, 0.15) is 6.04 Å². The van der Waals surface area contributed by atoms with E-state index < -0.39 is 0 Å². The third-order valence-corrected chi connectivity index (χ3v) is 3.55. The van der Waals surface area contributed by atoms with Gasteiger partial charge in [-0.1, -0.05) is 20.8 Å². The maximum absolute atomic E-state index is 12.0. The summed E-state index contributed by atoms with van der Waals surface area (Å²) in [6.07, 6.45) is 1.21. The lowest BCUT2D eigenvalue weighted by atomic mass is 10.2. The summed E-state index contributed by atoms with van der Waals surface area (Å²) in [6, 6.07) is 0.0680.